The molecule has 2 aromatic heterocycles. The lowest BCUT2D eigenvalue weighted by Crippen LogP contribution is -2.21. The minimum atomic E-state index is -4.88. The van der Waals surface area contributed by atoms with Crippen molar-refractivity contribution in [1.29, 1.82) is 10.5 Å². The van der Waals surface area contributed by atoms with E-state index in [-0.39, 0.29) is 6.54 Å². The van der Waals surface area contributed by atoms with Crippen molar-refractivity contribution in [3.8, 4) is 23.3 Å². The summed E-state index contributed by atoms with van der Waals surface area (Å²) in [4.78, 5) is 3.79. The summed E-state index contributed by atoms with van der Waals surface area (Å²) in [6.07, 6.45) is -6.29. The highest BCUT2D eigenvalue weighted by atomic mass is 35.5. The van der Waals surface area contributed by atoms with Crippen LogP contribution in [0.4, 0.5) is 13.2 Å². The van der Waals surface area contributed by atoms with Gasteiger partial charge in [-0.15, -0.1) is 0 Å². The summed E-state index contributed by atoms with van der Waals surface area (Å²) in [5, 5.41) is 27.9. The maximum absolute atomic E-state index is 12.9. The van der Waals surface area contributed by atoms with E-state index in [2.05, 4.69) is 11.1 Å². The van der Waals surface area contributed by atoms with E-state index in [0.29, 0.717) is 27.9 Å². The number of pyridine rings is 1. The van der Waals surface area contributed by atoms with E-state index in [1.165, 1.54) is 12.3 Å². The summed E-state index contributed by atoms with van der Waals surface area (Å²) in [5.74, 6) is 0. The Morgan fingerprint density at radius 1 is 1.13 bits per heavy atom. The Labute approximate surface area is 181 Å². The van der Waals surface area contributed by atoms with Gasteiger partial charge in [-0.2, -0.15) is 23.7 Å². The van der Waals surface area contributed by atoms with Gasteiger partial charge in [-0.3, -0.25) is 0 Å². The lowest BCUT2D eigenvalue weighted by molar-refractivity contribution is -0.206. The van der Waals surface area contributed by atoms with E-state index in [1.54, 1.807) is 42.7 Å². The number of alkyl halides is 3. The maximum Gasteiger partial charge on any atom is 0.418 e. The van der Waals surface area contributed by atoms with Crippen molar-refractivity contribution >= 4 is 11.6 Å². The zero-order valence-corrected chi connectivity index (χ0v) is 17.3. The molecular weight excluding hydrogens is 429 g/mol. The molecule has 0 spiro atoms. The first-order valence-electron chi connectivity index (χ1n) is 9.07. The molecule has 0 aliphatic heterocycles. The van der Waals surface area contributed by atoms with Crippen LogP contribution in [0.25, 0.3) is 11.1 Å². The van der Waals surface area contributed by atoms with Crippen molar-refractivity contribution in [3.05, 3.63) is 75.3 Å². The van der Waals surface area contributed by atoms with E-state index >= 15 is 0 Å². The van der Waals surface area contributed by atoms with Gasteiger partial charge in [0.05, 0.1) is 17.2 Å². The lowest BCUT2D eigenvalue weighted by Gasteiger charge is -2.17. The number of halogens is 4. The summed E-state index contributed by atoms with van der Waals surface area (Å²) in [6.45, 7) is 3.67. The predicted octanol–water partition coefficient (Wildman–Crippen LogP) is 5.21. The first-order valence-corrected chi connectivity index (χ1v) is 9.45. The summed E-state index contributed by atoms with van der Waals surface area (Å²) in [7, 11) is 0. The third-order valence-electron chi connectivity index (χ3n) is 5.07. The molecule has 158 valence electrons. The summed E-state index contributed by atoms with van der Waals surface area (Å²) >= 11 is 5.78. The lowest BCUT2D eigenvalue weighted by atomic mass is 10.0. The minimum Gasteiger partial charge on any atom is -0.379 e. The van der Waals surface area contributed by atoms with Crippen LogP contribution in [0, 0.1) is 36.5 Å². The molecule has 0 amide bonds. The zero-order chi connectivity index (χ0) is 22.9. The Kier molecular flexibility index (Phi) is 6.08. The molecule has 0 aliphatic rings. The first kappa shape index (κ1) is 22.4. The van der Waals surface area contributed by atoms with Gasteiger partial charge >= 0.3 is 6.18 Å². The fourth-order valence-electron chi connectivity index (χ4n) is 3.47. The summed E-state index contributed by atoms with van der Waals surface area (Å²) in [5.41, 5.74) is 3.57. The molecule has 3 aromatic rings. The van der Waals surface area contributed by atoms with Crippen molar-refractivity contribution in [3.63, 3.8) is 0 Å². The van der Waals surface area contributed by atoms with Gasteiger partial charge in [-0.1, -0.05) is 23.7 Å². The number of aliphatic hydroxyl groups excluding tert-OH is 1. The van der Waals surface area contributed by atoms with Crippen molar-refractivity contribution in [1.82, 2.24) is 9.55 Å². The highest BCUT2D eigenvalue weighted by Gasteiger charge is 2.41. The van der Waals surface area contributed by atoms with Crippen LogP contribution in [0.1, 0.15) is 39.7 Å². The molecule has 5 nitrogen and oxygen atoms in total. The van der Waals surface area contributed by atoms with Gasteiger partial charge in [0.1, 0.15) is 11.2 Å². The van der Waals surface area contributed by atoms with Crippen LogP contribution in [0.15, 0.2) is 36.5 Å². The van der Waals surface area contributed by atoms with E-state index in [0.717, 1.165) is 11.3 Å². The van der Waals surface area contributed by atoms with E-state index in [9.17, 15) is 23.5 Å². The standard InChI is InChI=1S/C22H16ClF3N4O/c1-12-18(9-28)19(16-5-3-14(8-27)4-6-16)13(2)30(12)11-15-7-17(21(23)29-10-15)20(31)22(24,25)26/h3-7,10,20,31H,11H2,1-2H3. The Morgan fingerprint density at radius 2 is 1.77 bits per heavy atom. The van der Waals surface area contributed by atoms with E-state index in [4.69, 9.17) is 16.9 Å². The fraction of sp³-hybridized carbons (Fsp3) is 0.227. The van der Waals surface area contributed by atoms with Gasteiger partial charge in [0.2, 0.25) is 0 Å². The van der Waals surface area contributed by atoms with Crippen LogP contribution in [0.2, 0.25) is 5.15 Å². The van der Waals surface area contributed by atoms with Crippen LogP contribution >= 0.6 is 11.6 Å². The van der Waals surface area contributed by atoms with Gasteiger partial charge in [0, 0.05) is 35.3 Å². The first-order chi connectivity index (χ1) is 14.6. The van der Waals surface area contributed by atoms with E-state index < -0.39 is 23.0 Å². The molecule has 0 bridgehead atoms. The number of aliphatic hydroxyl groups is 1. The molecule has 1 N–H and O–H groups in total. The molecule has 31 heavy (non-hydrogen) atoms. The molecule has 2 heterocycles. The smallest absolute Gasteiger partial charge is 0.379 e. The molecule has 0 fully saturated rings. The zero-order valence-electron chi connectivity index (χ0n) is 16.5. The second-order valence-corrected chi connectivity index (χ2v) is 7.33. The maximum atomic E-state index is 12.9. The monoisotopic (exact) mass is 444 g/mol. The van der Waals surface area contributed by atoms with Crippen LogP contribution in [-0.2, 0) is 6.54 Å². The van der Waals surface area contributed by atoms with Crippen molar-refractivity contribution in [2.75, 3.05) is 0 Å². The molecule has 0 saturated heterocycles. The number of nitrogens with zero attached hydrogens (tertiary/aromatic N) is 4. The van der Waals surface area contributed by atoms with E-state index in [1.807, 2.05) is 6.07 Å². The Bertz CT molecular complexity index is 1220. The Balaban J connectivity index is 2.06. The predicted molar refractivity (Wildman–Crippen MR) is 108 cm³/mol. The van der Waals surface area contributed by atoms with Crippen molar-refractivity contribution in [2.24, 2.45) is 0 Å². The average molecular weight is 445 g/mol. The number of hydrogen-bond acceptors (Lipinski definition) is 4. The summed E-state index contributed by atoms with van der Waals surface area (Å²) < 4.78 is 40.6. The van der Waals surface area contributed by atoms with Gasteiger partial charge in [0.15, 0.2) is 6.10 Å². The molecule has 1 unspecified atom stereocenters. The van der Waals surface area contributed by atoms with Crippen LogP contribution in [-0.4, -0.2) is 20.8 Å². The van der Waals surface area contributed by atoms with Gasteiger partial charge < -0.3 is 9.67 Å². The van der Waals surface area contributed by atoms with Crippen molar-refractivity contribution in [2.45, 2.75) is 32.7 Å². The van der Waals surface area contributed by atoms with Gasteiger partial charge in [-0.25, -0.2) is 4.98 Å². The fourth-order valence-corrected chi connectivity index (χ4v) is 3.68. The highest BCUT2D eigenvalue weighted by molar-refractivity contribution is 6.30. The number of aromatic nitrogens is 2. The van der Waals surface area contributed by atoms with Crippen LogP contribution in [0.3, 0.4) is 0 Å². The number of rotatable bonds is 4. The molecule has 0 saturated carbocycles. The van der Waals surface area contributed by atoms with Crippen LogP contribution in [0.5, 0.6) is 0 Å². The average Bonchev–Trinajstić information content (AvgIpc) is 2.97. The third-order valence-corrected chi connectivity index (χ3v) is 5.38. The molecular formula is C22H16ClF3N4O. The largest absolute Gasteiger partial charge is 0.418 e. The SMILES string of the molecule is Cc1c(C#N)c(-c2ccc(C#N)cc2)c(C)n1Cc1cnc(Cl)c(C(O)C(F)(F)F)c1. The molecule has 0 radical (unpaired) electrons. The second kappa shape index (κ2) is 8.43. The number of hydrogen-bond donors (Lipinski definition) is 1. The van der Waals surface area contributed by atoms with Crippen molar-refractivity contribution < 1.29 is 18.3 Å². The minimum absolute atomic E-state index is 0.129. The normalized spacial score (nSPS) is 12.3. The molecule has 3 rings (SSSR count). The third kappa shape index (κ3) is 4.27. The van der Waals surface area contributed by atoms with Crippen LogP contribution < -0.4 is 0 Å². The number of nitriles is 2. The Morgan fingerprint density at radius 3 is 2.32 bits per heavy atom. The highest BCUT2D eigenvalue weighted by Crippen LogP contribution is 2.36. The topological polar surface area (TPSA) is 85.6 Å². The molecule has 9 heteroatoms. The Hall–Kier alpha value is -3.33. The quantitative estimate of drug-likeness (QED) is 0.560. The molecule has 1 atom stereocenters. The molecule has 1 aromatic carbocycles. The number of benzene rings is 1. The van der Waals surface area contributed by atoms with Gasteiger partial charge in [0.25, 0.3) is 0 Å². The second-order valence-electron chi connectivity index (χ2n) is 6.98. The molecule has 0 aliphatic carbocycles. The van der Waals surface area contributed by atoms with Gasteiger partial charge in [-0.05, 0) is 43.2 Å². The summed E-state index contributed by atoms with van der Waals surface area (Å²) in [6, 6.07) is 12.2.